The zero-order chi connectivity index (χ0) is 31.3. The molecule has 42 heavy (non-hydrogen) atoms. The molecule has 9 atom stereocenters. The van der Waals surface area contributed by atoms with Gasteiger partial charge in [0.15, 0.2) is 5.78 Å². The standard InChI is InChI=1S/C36H54N2O4/c1-21-12-15-36(20-38-30(41)42-31(3,4)5)17-16-35(10)28(27(36)22(21)2)24(39)18-26-33(8)19-23(37-11)29(40)32(6,7)25(33)13-14-34(26,35)9/h18,21-22,25,27-28,40H,12-17,19-20H2,1-10H3,(H,38,41)/t21-,22+,25+,27+,28-,33+,34-,35-,36-/m1/s1. The van der Waals surface area contributed by atoms with Gasteiger partial charge >= 0.3 is 6.09 Å². The lowest BCUT2D eigenvalue weighted by molar-refractivity contribution is -0.177. The first-order valence-corrected chi connectivity index (χ1v) is 16.3. The fraction of sp³-hybridized carbons (Fsp3) is 0.806. The number of nitrogens with one attached hydrogen (secondary N) is 1. The van der Waals surface area contributed by atoms with Crippen LogP contribution in [0.5, 0.6) is 0 Å². The van der Waals surface area contributed by atoms with Crippen LogP contribution < -0.4 is 5.32 Å². The number of hydrogen-bond donors (Lipinski definition) is 2. The number of rotatable bonds is 2. The fourth-order valence-electron chi connectivity index (χ4n) is 11.1. The Morgan fingerprint density at radius 1 is 1.10 bits per heavy atom. The largest absolute Gasteiger partial charge is 0.523 e. The number of fused-ring (bicyclic) bond motifs is 7. The molecule has 6 heteroatoms. The van der Waals surface area contributed by atoms with Crippen LogP contribution >= 0.6 is 0 Å². The average molecular weight is 579 g/mol. The Morgan fingerprint density at radius 2 is 1.76 bits per heavy atom. The van der Waals surface area contributed by atoms with Gasteiger partial charge in [0.25, 0.3) is 0 Å². The predicted octanol–water partition coefficient (Wildman–Crippen LogP) is 8.65. The highest BCUT2D eigenvalue weighted by atomic mass is 16.6. The molecule has 3 fully saturated rings. The van der Waals surface area contributed by atoms with E-state index in [4.69, 9.17) is 11.3 Å². The number of nitrogens with zero attached hydrogens (tertiary/aromatic N) is 1. The van der Waals surface area contributed by atoms with Gasteiger partial charge in [0.05, 0.1) is 6.57 Å². The Hall–Kier alpha value is -2.29. The first-order chi connectivity index (χ1) is 19.3. The van der Waals surface area contributed by atoms with Crippen LogP contribution in [0, 0.1) is 63.2 Å². The minimum Gasteiger partial charge on any atom is -0.523 e. The monoisotopic (exact) mass is 578 g/mol. The molecule has 5 aliphatic rings. The maximum Gasteiger partial charge on any atom is 0.407 e. The van der Waals surface area contributed by atoms with Gasteiger partial charge in [-0.15, -0.1) is 0 Å². The normalized spacial score (nSPS) is 44.5. The molecule has 0 aromatic carbocycles. The number of carbonyl (C=O) groups excluding carboxylic acids is 2. The molecule has 0 aliphatic heterocycles. The van der Waals surface area contributed by atoms with Crippen LogP contribution in [0.2, 0.25) is 0 Å². The van der Waals surface area contributed by atoms with E-state index in [9.17, 15) is 14.7 Å². The number of aliphatic hydroxyl groups is 1. The predicted molar refractivity (Wildman–Crippen MR) is 165 cm³/mol. The summed E-state index contributed by atoms with van der Waals surface area (Å²) in [6.45, 7) is 30.0. The van der Waals surface area contributed by atoms with Crippen LogP contribution in [-0.4, -0.2) is 29.1 Å². The lowest BCUT2D eigenvalue weighted by atomic mass is 9.33. The Kier molecular flexibility index (Phi) is 7.12. The number of ketones is 1. The first kappa shape index (κ1) is 31.1. The molecule has 0 radical (unpaired) electrons. The first-order valence-electron chi connectivity index (χ1n) is 16.3. The van der Waals surface area contributed by atoms with Crippen molar-refractivity contribution in [2.75, 3.05) is 6.54 Å². The summed E-state index contributed by atoms with van der Waals surface area (Å²) >= 11 is 0. The fourth-order valence-corrected chi connectivity index (χ4v) is 11.1. The summed E-state index contributed by atoms with van der Waals surface area (Å²) < 4.78 is 5.62. The van der Waals surface area contributed by atoms with E-state index in [0.29, 0.717) is 30.5 Å². The number of allylic oxidation sites excluding steroid dienone is 4. The minimum absolute atomic E-state index is 0.112. The third-order valence-electron chi connectivity index (χ3n) is 13.6. The molecule has 6 nitrogen and oxygen atoms in total. The molecule has 0 saturated heterocycles. The minimum atomic E-state index is -0.558. The Morgan fingerprint density at radius 3 is 2.38 bits per heavy atom. The van der Waals surface area contributed by atoms with Crippen molar-refractivity contribution >= 4 is 11.9 Å². The van der Waals surface area contributed by atoms with E-state index in [1.54, 1.807) is 0 Å². The van der Waals surface area contributed by atoms with Crippen LogP contribution in [0.4, 0.5) is 4.79 Å². The summed E-state index contributed by atoms with van der Waals surface area (Å²) in [5, 5.41) is 14.3. The van der Waals surface area contributed by atoms with Gasteiger partial charge in [0, 0.05) is 17.9 Å². The summed E-state index contributed by atoms with van der Waals surface area (Å²) in [6, 6.07) is 0. The van der Waals surface area contributed by atoms with E-state index in [-0.39, 0.29) is 57.0 Å². The number of carbonyl (C=O) groups is 2. The quantitative estimate of drug-likeness (QED) is 0.321. The second-order valence-corrected chi connectivity index (χ2v) is 17.1. The maximum atomic E-state index is 14.7. The van der Waals surface area contributed by atoms with Crippen molar-refractivity contribution in [1.29, 1.82) is 0 Å². The summed E-state index contributed by atoms with van der Waals surface area (Å²) in [7, 11) is 0. The van der Waals surface area contributed by atoms with E-state index in [0.717, 1.165) is 38.5 Å². The summed E-state index contributed by atoms with van der Waals surface area (Å²) in [5.41, 5.74) is -0.302. The molecule has 3 saturated carbocycles. The third-order valence-corrected chi connectivity index (χ3v) is 13.6. The van der Waals surface area contributed by atoms with E-state index in [1.165, 1.54) is 5.57 Å². The zero-order valence-electron chi connectivity index (χ0n) is 27.7. The van der Waals surface area contributed by atoms with Crippen molar-refractivity contribution < 1.29 is 19.4 Å². The lowest BCUT2D eigenvalue weighted by Gasteiger charge is -2.70. The van der Waals surface area contributed by atoms with Crippen LogP contribution in [0.25, 0.3) is 4.85 Å². The Balaban J connectivity index is 1.58. The van der Waals surface area contributed by atoms with E-state index in [2.05, 4.69) is 58.6 Å². The molecule has 0 aromatic heterocycles. The van der Waals surface area contributed by atoms with Gasteiger partial charge < -0.3 is 15.2 Å². The Labute approximate surface area is 253 Å². The molecule has 0 aromatic rings. The molecule has 232 valence electrons. The van der Waals surface area contributed by atoms with Gasteiger partial charge in [-0.1, -0.05) is 54.0 Å². The van der Waals surface area contributed by atoms with E-state index in [1.807, 2.05) is 26.8 Å². The zero-order valence-corrected chi connectivity index (χ0v) is 27.7. The molecule has 1 amide bonds. The van der Waals surface area contributed by atoms with Crippen molar-refractivity contribution in [3.8, 4) is 0 Å². The lowest BCUT2D eigenvalue weighted by Crippen LogP contribution is -2.66. The number of alkyl carbamates (subject to hydrolysis) is 1. The Bertz CT molecular complexity index is 1280. The van der Waals surface area contributed by atoms with Crippen molar-refractivity contribution in [2.45, 2.75) is 120 Å². The van der Waals surface area contributed by atoms with Gasteiger partial charge in [-0.25, -0.2) is 9.64 Å². The van der Waals surface area contributed by atoms with Crippen molar-refractivity contribution in [3.63, 3.8) is 0 Å². The molecule has 5 rings (SSSR count). The van der Waals surface area contributed by atoms with Gasteiger partial charge in [-0.05, 0) is 117 Å². The SMILES string of the molecule is [C-]#[N+]C1=C(O)C(C)(C)[C@@H]2CC[C@]3(C)C(=CC(=O)[C@@H]4[C@@H]5[C@@H](C)[C@H](C)CC[C@]5(CNC(=O)OC(C)(C)C)CC[C@]43C)[C@@]2(C)C1. The van der Waals surface area contributed by atoms with Crippen LogP contribution in [0.15, 0.2) is 23.1 Å². The summed E-state index contributed by atoms with van der Waals surface area (Å²) in [4.78, 5) is 31.3. The number of amides is 1. The maximum absolute atomic E-state index is 14.7. The van der Waals surface area contributed by atoms with Crippen molar-refractivity contribution in [1.82, 2.24) is 5.32 Å². The van der Waals surface area contributed by atoms with Crippen molar-refractivity contribution in [2.24, 2.45) is 56.7 Å². The number of ether oxygens (including phenoxy) is 1. The molecule has 0 bridgehead atoms. The second-order valence-electron chi connectivity index (χ2n) is 17.1. The van der Waals surface area contributed by atoms with E-state index < -0.39 is 11.0 Å². The topological polar surface area (TPSA) is 80.0 Å². The second kappa shape index (κ2) is 9.60. The van der Waals surface area contributed by atoms with Crippen LogP contribution in [0.3, 0.4) is 0 Å². The molecular weight excluding hydrogens is 524 g/mol. The number of aliphatic hydroxyl groups excluding tert-OH is 1. The third kappa shape index (κ3) is 4.22. The molecule has 5 aliphatic carbocycles. The van der Waals surface area contributed by atoms with Gasteiger partial charge in [-0.2, -0.15) is 0 Å². The van der Waals surface area contributed by atoms with Gasteiger partial charge in [0.2, 0.25) is 5.70 Å². The molecule has 0 spiro atoms. The molecule has 2 N–H and O–H groups in total. The van der Waals surface area contributed by atoms with E-state index >= 15 is 0 Å². The van der Waals surface area contributed by atoms with Gasteiger partial charge in [0.1, 0.15) is 11.4 Å². The average Bonchev–Trinajstić information content (AvgIpc) is 2.88. The van der Waals surface area contributed by atoms with Crippen LogP contribution in [0.1, 0.15) is 114 Å². The van der Waals surface area contributed by atoms with Crippen LogP contribution in [-0.2, 0) is 9.53 Å². The van der Waals surface area contributed by atoms with Crippen molar-refractivity contribution in [3.05, 3.63) is 34.5 Å². The highest BCUT2D eigenvalue weighted by molar-refractivity contribution is 5.95. The highest BCUT2D eigenvalue weighted by Gasteiger charge is 2.70. The molecule has 0 heterocycles. The van der Waals surface area contributed by atoms with Gasteiger partial charge in [-0.3, -0.25) is 4.79 Å². The summed E-state index contributed by atoms with van der Waals surface area (Å²) in [5.74, 6) is 1.57. The molecular formula is C36H54N2O4. The number of hydrogen-bond acceptors (Lipinski definition) is 4. The summed E-state index contributed by atoms with van der Waals surface area (Å²) in [6.07, 6.45) is 8.10. The smallest absolute Gasteiger partial charge is 0.407 e. The molecule has 0 unspecified atom stereocenters. The highest BCUT2D eigenvalue weighted by Crippen LogP contribution is 2.75.